The van der Waals surface area contributed by atoms with Gasteiger partial charge in [-0.15, -0.1) is 0 Å². The van der Waals surface area contributed by atoms with E-state index in [4.69, 9.17) is 0 Å². The van der Waals surface area contributed by atoms with Crippen molar-refractivity contribution in [3.63, 3.8) is 0 Å². The summed E-state index contributed by atoms with van der Waals surface area (Å²) in [6.07, 6.45) is 0.932. The Kier molecular flexibility index (Phi) is 5.46. The lowest BCUT2D eigenvalue weighted by molar-refractivity contribution is 0.0400. The van der Waals surface area contributed by atoms with E-state index in [1.807, 2.05) is 6.92 Å². The fraction of sp³-hybridized carbons (Fsp3) is 0.846. The molecule has 0 bridgehead atoms. The molecule has 0 aromatic heterocycles. The fourth-order valence-electron chi connectivity index (χ4n) is 2.45. The Morgan fingerprint density at radius 2 is 2.19 bits per heavy atom. The van der Waals surface area contributed by atoms with E-state index in [9.17, 15) is 5.11 Å². The van der Waals surface area contributed by atoms with E-state index in [0.29, 0.717) is 6.04 Å². The number of nitrogens with zero attached hydrogens (tertiary/aromatic N) is 2. The lowest BCUT2D eigenvalue weighted by atomic mass is 10.1. The highest BCUT2D eigenvalue weighted by Crippen LogP contribution is 2.14. The van der Waals surface area contributed by atoms with Crippen LogP contribution in [0, 0.1) is 0 Å². The summed E-state index contributed by atoms with van der Waals surface area (Å²) >= 11 is 0. The highest BCUT2D eigenvalue weighted by molar-refractivity contribution is 4.94. The van der Waals surface area contributed by atoms with Gasteiger partial charge in [-0.3, -0.25) is 9.80 Å². The summed E-state index contributed by atoms with van der Waals surface area (Å²) in [5.41, 5.74) is 1.24. The van der Waals surface area contributed by atoms with Gasteiger partial charge in [0, 0.05) is 38.8 Å². The third-order valence-electron chi connectivity index (χ3n) is 3.15. The molecule has 1 rings (SSSR count). The van der Waals surface area contributed by atoms with Crippen LogP contribution in [0.25, 0.3) is 0 Å². The first-order valence-electron chi connectivity index (χ1n) is 6.31. The molecule has 1 fully saturated rings. The zero-order chi connectivity index (χ0) is 12.1. The Balaban J connectivity index is 2.46. The number of hydrogen-bond acceptors (Lipinski definition) is 3. The number of β-amino-alcohol motifs (C(OH)–C–C–N with tert-alkyl or cyclic N) is 1. The van der Waals surface area contributed by atoms with Gasteiger partial charge in [-0.05, 0) is 20.3 Å². The van der Waals surface area contributed by atoms with Crippen molar-refractivity contribution in [2.24, 2.45) is 0 Å². The predicted octanol–water partition coefficient (Wildman–Crippen LogP) is 1.34. The largest absolute Gasteiger partial charge is 0.392 e. The summed E-state index contributed by atoms with van der Waals surface area (Å²) in [5, 5.41) is 9.46. The van der Waals surface area contributed by atoms with Crippen LogP contribution in [0.5, 0.6) is 0 Å². The summed E-state index contributed by atoms with van der Waals surface area (Å²) in [4.78, 5) is 4.88. The molecule has 0 spiro atoms. The summed E-state index contributed by atoms with van der Waals surface area (Å²) in [6.45, 7) is 15.2. The van der Waals surface area contributed by atoms with Crippen LogP contribution in [-0.4, -0.2) is 59.8 Å². The van der Waals surface area contributed by atoms with Crippen LogP contribution >= 0.6 is 0 Å². The van der Waals surface area contributed by atoms with Crippen molar-refractivity contribution < 1.29 is 5.11 Å². The van der Waals surface area contributed by atoms with Crippen LogP contribution in [0.2, 0.25) is 0 Å². The number of hydrogen-bond donors (Lipinski definition) is 1. The SMILES string of the molecule is C=C(C)CN1CCN(C[C@@H](C)O)[C@H](CC)C1. The highest BCUT2D eigenvalue weighted by atomic mass is 16.3. The Hall–Kier alpha value is -0.380. The summed E-state index contributed by atoms with van der Waals surface area (Å²) in [7, 11) is 0. The first kappa shape index (κ1) is 13.7. The molecule has 0 amide bonds. The molecule has 3 heteroatoms. The van der Waals surface area contributed by atoms with Crippen LogP contribution in [0.1, 0.15) is 27.2 Å². The van der Waals surface area contributed by atoms with Crippen LogP contribution in [0.4, 0.5) is 0 Å². The minimum atomic E-state index is -0.221. The van der Waals surface area contributed by atoms with Gasteiger partial charge in [-0.25, -0.2) is 0 Å². The molecule has 1 N–H and O–H groups in total. The second kappa shape index (κ2) is 6.38. The molecule has 16 heavy (non-hydrogen) atoms. The molecule has 0 aromatic carbocycles. The topological polar surface area (TPSA) is 26.7 Å². The molecular weight excluding hydrogens is 200 g/mol. The van der Waals surface area contributed by atoms with Gasteiger partial charge in [0.05, 0.1) is 6.10 Å². The van der Waals surface area contributed by atoms with Crippen molar-refractivity contribution in [1.29, 1.82) is 0 Å². The Morgan fingerprint density at radius 3 is 2.69 bits per heavy atom. The quantitative estimate of drug-likeness (QED) is 0.717. The molecule has 0 aromatic rings. The lowest BCUT2D eigenvalue weighted by Crippen LogP contribution is -2.54. The maximum absolute atomic E-state index is 9.46. The van der Waals surface area contributed by atoms with E-state index >= 15 is 0 Å². The molecule has 2 atom stereocenters. The van der Waals surface area contributed by atoms with Gasteiger partial charge in [0.2, 0.25) is 0 Å². The second-order valence-electron chi connectivity index (χ2n) is 5.10. The number of rotatable bonds is 5. The Morgan fingerprint density at radius 1 is 1.50 bits per heavy atom. The van der Waals surface area contributed by atoms with E-state index in [1.54, 1.807) is 0 Å². The number of piperazine rings is 1. The molecule has 0 saturated carbocycles. The molecule has 1 saturated heterocycles. The van der Waals surface area contributed by atoms with Crippen LogP contribution in [0.15, 0.2) is 12.2 Å². The second-order valence-corrected chi connectivity index (χ2v) is 5.10. The van der Waals surface area contributed by atoms with E-state index in [0.717, 1.165) is 39.1 Å². The van der Waals surface area contributed by atoms with E-state index in [-0.39, 0.29) is 6.10 Å². The molecule has 1 heterocycles. The molecule has 1 aliphatic heterocycles. The molecule has 3 nitrogen and oxygen atoms in total. The predicted molar refractivity (Wildman–Crippen MR) is 68.6 cm³/mol. The minimum Gasteiger partial charge on any atom is -0.392 e. The molecular formula is C13H26N2O. The van der Waals surface area contributed by atoms with Crippen molar-refractivity contribution in [3.8, 4) is 0 Å². The molecule has 94 valence electrons. The van der Waals surface area contributed by atoms with Crippen LogP contribution in [0.3, 0.4) is 0 Å². The first-order chi connectivity index (χ1) is 7.52. The van der Waals surface area contributed by atoms with Crippen LogP contribution < -0.4 is 0 Å². The molecule has 0 radical (unpaired) electrons. The highest BCUT2D eigenvalue weighted by Gasteiger charge is 2.25. The van der Waals surface area contributed by atoms with Gasteiger partial charge in [0.15, 0.2) is 0 Å². The van der Waals surface area contributed by atoms with Crippen molar-refractivity contribution >= 4 is 0 Å². The third kappa shape index (κ3) is 4.24. The first-order valence-corrected chi connectivity index (χ1v) is 6.31. The fourth-order valence-corrected chi connectivity index (χ4v) is 2.45. The van der Waals surface area contributed by atoms with Crippen molar-refractivity contribution in [3.05, 3.63) is 12.2 Å². The smallest absolute Gasteiger partial charge is 0.0639 e. The maximum Gasteiger partial charge on any atom is 0.0639 e. The van der Waals surface area contributed by atoms with Crippen LogP contribution in [-0.2, 0) is 0 Å². The molecule has 0 aliphatic carbocycles. The van der Waals surface area contributed by atoms with Gasteiger partial charge >= 0.3 is 0 Å². The number of aliphatic hydroxyl groups excluding tert-OH is 1. The standard InChI is InChI=1S/C13H26N2O/c1-5-13-10-14(8-11(2)3)6-7-15(13)9-12(4)16/h12-13,16H,2,5-10H2,1,3-4H3/t12-,13-/m1/s1. The van der Waals surface area contributed by atoms with Crippen molar-refractivity contribution in [2.75, 3.05) is 32.7 Å². The maximum atomic E-state index is 9.46. The average molecular weight is 226 g/mol. The zero-order valence-corrected chi connectivity index (χ0v) is 10.9. The normalized spacial score (nSPS) is 25.6. The zero-order valence-electron chi connectivity index (χ0n) is 10.9. The van der Waals surface area contributed by atoms with Gasteiger partial charge in [-0.1, -0.05) is 19.1 Å². The Bertz CT molecular complexity index is 228. The van der Waals surface area contributed by atoms with Crippen molar-refractivity contribution in [2.45, 2.75) is 39.3 Å². The summed E-state index contributed by atoms with van der Waals surface area (Å²) in [6, 6.07) is 0.586. The molecule has 1 aliphatic rings. The van der Waals surface area contributed by atoms with Gasteiger partial charge in [0.1, 0.15) is 0 Å². The average Bonchev–Trinajstić information content (AvgIpc) is 2.18. The lowest BCUT2D eigenvalue weighted by Gasteiger charge is -2.41. The Labute approximate surface area is 99.7 Å². The summed E-state index contributed by atoms with van der Waals surface area (Å²) in [5.74, 6) is 0. The third-order valence-corrected chi connectivity index (χ3v) is 3.15. The van der Waals surface area contributed by atoms with E-state index in [2.05, 4.69) is 30.2 Å². The van der Waals surface area contributed by atoms with E-state index in [1.165, 1.54) is 5.57 Å². The molecule has 0 unspecified atom stereocenters. The van der Waals surface area contributed by atoms with Crippen molar-refractivity contribution in [1.82, 2.24) is 9.80 Å². The monoisotopic (exact) mass is 226 g/mol. The van der Waals surface area contributed by atoms with Gasteiger partial charge < -0.3 is 5.11 Å². The summed E-state index contributed by atoms with van der Waals surface area (Å²) < 4.78 is 0. The van der Waals surface area contributed by atoms with Gasteiger partial charge in [-0.2, -0.15) is 0 Å². The van der Waals surface area contributed by atoms with E-state index < -0.39 is 0 Å². The number of aliphatic hydroxyl groups is 1. The minimum absolute atomic E-state index is 0.221. The van der Waals surface area contributed by atoms with Gasteiger partial charge in [0.25, 0.3) is 0 Å².